The van der Waals surface area contributed by atoms with Crippen LogP contribution in [0.3, 0.4) is 0 Å². The van der Waals surface area contributed by atoms with Gasteiger partial charge in [0.15, 0.2) is 0 Å². The van der Waals surface area contributed by atoms with Crippen molar-refractivity contribution in [2.75, 3.05) is 0 Å². The van der Waals surface area contributed by atoms with Crippen molar-refractivity contribution in [1.82, 2.24) is 4.57 Å². The molecule has 0 N–H and O–H groups in total. The zero-order valence-electron chi connectivity index (χ0n) is 26.7. The molecule has 220 valence electrons. The summed E-state index contributed by atoms with van der Waals surface area (Å²) < 4.78 is 2.42. The number of hydrogen-bond acceptors (Lipinski definition) is 0. The van der Waals surface area contributed by atoms with Crippen LogP contribution in [0.25, 0.3) is 82.1 Å². The second kappa shape index (κ2) is 9.80. The maximum absolute atomic E-state index is 2.43. The van der Waals surface area contributed by atoms with Gasteiger partial charge in [-0.2, -0.15) is 0 Å². The number of hydrogen-bond donors (Lipinski definition) is 0. The van der Waals surface area contributed by atoms with Crippen LogP contribution in [0, 0.1) is 6.92 Å². The van der Waals surface area contributed by atoms with E-state index in [-0.39, 0.29) is 5.41 Å². The van der Waals surface area contributed by atoms with Gasteiger partial charge in [0, 0.05) is 16.5 Å². The lowest BCUT2D eigenvalue weighted by atomic mass is 9.81. The third-order valence-corrected chi connectivity index (χ3v) is 9.94. The number of benzene rings is 8. The molecule has 1 heteroatoms. The lowest BCUT2D eigenvalue weighted by Crippen LogP contribution is -2.10. The van der Waals surface area contributed by atoms with E-state index in [0.717, 1.165) is 0 Å². The van der Waals surface area contributed by atoms with Gasteiger partial charge >= 0.3 is 0 Å². The standard InChI is InChI=1S/C45H35N/c1-28-16-18-29(19-17-28)39-27-40(38-23-21-32-25-33(45(2,3)4)24-31-20-22-37(39)44(38)43(31)32)30-10-9-11-34(26-30)46-41-14-7-5-12-35(41)36-13-6-8-15-42(36)46/h5-27H,1-4H3. The Morgan fingerprint density at radius 3 is 1.65 bits per heavy atom. The minimum Gasteiger partial charge on any atom is -0.309 e. The average Bonchev–Trinajstić information content (AvgIpc) is 3.41. The summed E-state index contributed by atoms with van der Waals surface area (Å²) in [5, 5.41) is 10.5. The van der Waals surface area contributed by atoms with E-state index in [1.807, 2.05) is 0 Å². The van der Waals surface area contributed by atoms with E-state index in [1.54, 1.807) is 0 Å². The van der Waals surface area contributed by atoms with E-state index < -0.39 is 0 Å². The molecule has 1 heterocycles. The molecule has 0 saturated heterocycles. The lowest BCUT2D eigenvalue weighted by molar-refractivity contribution is 0.591. The summed E-state index contributed by atoms with van der Waals surface area (Å²) >= 11 is 0. The molecule has 0 atom stereocenters. The first-order valence-electron chi connectivity index (χ1n) is 16.3. The minimum atomic E-state index is 0.0793. The molecule has 0 aliphatic heterocycles. The fraction of sp³-hybridized carbons (Fsp3) is 0.111. The van der Waals surface area contributed by atoms with Crippen LogP contribution in [0.1, 0.15) is 31.9 Å². The smallest absolute Gasteiger partial charge is 0.0541 e. The van der Waals surface area contributed by atoms with Crippen LogP contribution < -0.4 is 0 Å². The third-order valence-electron chi connectivity index (χ3n) is 9.94. The maximum atomic E-state index is 2.43. The van der Waals surface area contributed by atoms with E-state index in [9.17, 15) is 0 Å². The van der Waals surface area contributed by atoms with Crippen LogP contribution in [0.15, 0.2) is 140 Å². The predicted octanol–water partition coefficient (Wildman–Crippen LogP) is 12.6. The molecule has 0 saturated carbocycles. The summed E-state index contributed by atoms with van der Waals surface area (Å²) in [6.07, 6.45) is 0. The van der Waals surface area contributed by atoms with Gasteiger partial charge in [0.1, 0.15) is 0 Å². The van der Waals surface area contributed by atoms with E-state index >= 15 is 0 Å². The van der Waals surface area contributed by atoms with Gasteiger partial charge in [-0.1, -0.05) is 136 Å². The van der Waals surface area contributed by atoms with Gasteiger partial charge in [0.2, 0.25) is 0 Å². The Morgan fingerprint density at radius 1 is 0.457 bits per heavy atom. The van der Waals surface area contributed by atoms with Crippen molar-refractivity contribution in [1.29, 1.82) is 0 Å². The normalized spacial score (nSPS) is 12.3. The van der Waals surface area contributed by atoms with Crippen LogP contribution in [0.2, 0.25) is 0 Å². The molecule has 0 unspecified atom stereocenters. The summed E-state index contributed by atoms with van der Waals surface area (Å²) in [5.74, 6) is 0. The van der Waals surface area contributed by atoms with Gasteiger partial charge in [0.25, 0.3) is 0 Å². The van der Waals surface area contributed by atoms with Crippen molar-refractivity contribution in [2.45, 2.75) is 33.1 Å². The van der Waals surface area contributed by atoms with Crippen molar-refractivity contribution in [3.8, 4) is 27.9 Å². The Bertz CT molecular complexity index is 2540. The molecule has 46 heavy (non-hydrogen) atoms. The van der Waals surface area contributed by atoms with Gasteiger partial charge in [-0.25, -0.2) is 0 Å². The fourth-order valence-corrected chi connectivity index (χ4v) is 7.57. The Hall–Kier alpha value is -5.40. The molecular weight excluding hydrogens is 555 g/mol. The summed E-state index contributed by atoms with van der Waals surface area (Å²) in [4.78, 5) is 0. The van der Waals surface area contributed by atoms with Crippen molar-refractivity contribution < 1.29 is 0 Å². The molecule has 0 radical (unpaired) electrons. The van der Waals surface area contributed by atoms with Gasteiger partial charge in [-0.05, 0) is 103 Å². The molecule has 9 aromatic rings. The van der Waals surface area contributed by atoms with E-state index in [4.69, 9.17) is 0 Å². The molecule has 0 fully saturated rings. The molecule has 1 aromatic heterocycles. The fourth-order valence-electron chi connectivity index (χ4n) is 7.57. The molecule has 0 amide bonds. The summed E-state index contributed by atoms with van der Waals surface area (Å²) in [7, 11) is 0. The Morgan fingerprint density at radius 2 is 1.04 bits per heavy atom. The highest BCUT2D eigenvalue weighted by Crippen LogP contribution is 2.45. The van der Waals surface area contributed by atoms with Crippen molar-refractivity contribution in [3.05, 3.63) is 151 Å². The van der Waals surface area contributed by atoms with Crippen LogP contribution in [-0.2, 0) is 5.41 Å². The highest BCUT2D eigenvalue weighted by molar-refractivity contribution is 6.28. The SMILES string of the molecule is Cc1ccc(-c2cc(-c3cccc(-n4c5ccccc5c5ccccc54)c3)c3ccc4cc(C(C)(C)C)cc5ccc2c3c54)cc1. The highest BCUT2D eigenvalue weighted by Gasteiger charge is 2.21. The first kappa shape index (κ1) is 27.0. The van der Waals surface area contributed by atoms with Crippen LogP contribution >= 0.6 is 0 Å². The first-order valence-corrected chi connectivity index (χ1v) is 16.3. The largest absolute Gasteiger partial charge is 0.309 e. The van der Waals surface area contributed by atoms with Gasteiger partial charge < -0.3 is 4.57 Å². The van der Waals surface area contributed by atoms with Crippen molar-refractivity contribution in [2.24, 2.45) is 0 Å². The lowest BCUT2D eigenvalue weighted by Gasteiger charge is -2.23. The first-order chi connectivity index (χ1) is 22.3. The van der Waals surface area contributed by atoms with Crippen LogP contribution in [0.4, 0.5) is 0 Å². The summed E-state index contributed by atoms with van der Waals surface area (Å²) in [5.41, 5.74) is 11.4. The minimum absolute atomic E-state index is 0.0793. The molecule has 0 bridgehead atoms. The quantitative estimate of drug-likeness (QED) is 0.181. The Balaban J connectivity index is 1.36. The van der Waals surface area contributed by atoms with Crippen molar-refractivity contribution in [3.63, 3.8) is 0 Å². The molecule has 1 nitrogen and oxygen atoms in total. The van der Waals surface area contributed by atoms with Gasteiger partial charge in [-0.15, -0.1) is 0 Å². The summed E-state index contributed by atoms with van der Waals surface area (Å²) in [6.45, 7) is 9.07. The second-order valence-corrected chi connectivity index (χ2v) is 13.9. The second-order valence-electron chi connectivity index (χ2n) is 13.9. The topological polar surface area (TPSA) is 4.93 Å². The number of nitrogens with zero attached hydrogens (tertiary/aromatic N) is 1. The third kappa shape index (κ3) is 4.01. The van der Waals surface area contributed by atoms with Gasteiger partial charge in [-0.3, -0.25) is 0 Å². The van der Waals surface area contributed by atoms with Crippen molar-refractivity contribution >= 4 is 54.1 Å². The van der Waals surface area contributed by atoms with Gasteiger partial charge in [0.05, 0.1) is 11.0 Å². The number of para-hydroxylation sites is 2. The number of aryl methyl sites for hydroxylation is 1. The van der Waals surface area contributed by atoms with E-state index in [0.29, 0.717) is 0 Å². The zero-order chi connectivity index (χ0) is 31.2. The number of fused-ring (bicyclic) bond motifs is 3. The molecule has 9 rings (SSSR count). The Labute approximate surface area is 269 Å². The monoisotopic (exact) mass is 589 g/mol. The molecule has 0 aliphatic carbocycles. The molecular formula is C45H35N. The average molecular weight is 590 g/mol. The van der Waals surface area contributed by atoms with E-state index in [1.165, 1.54) is 93.2 Å². The number of rotatable bonds is 3. The predicted molar refractivity (Wildman–Crippen MR) is 199 cm³/mol. The number of aromatic nitrogens is 1. The summed E-state index contributed by atoms with van der Waals surface area (Å²) in [6, 6.07) is 52.2. The van der Waals surface area contributed by atoms with E-state index in [2.05, 4.69) is 172 Å². The maximum Gasteiger partial charge on any atom is 0.0541 e. The molecule has 0 aliphatic rings. The zero-order valence-corrected chi connectivity index (χ0v) is 26.7. The highest BCUT2D eigenvalue weighted by atomic mass is 15.0. The Kier molecular flexibility index (Phi) is 5.74. The molecule has 0 spiro atoms. The van der Waals surface area contributed by atoms with Crippen LogP contribution in [-0.4, -0.2) is 4.57 Å². The molecule has 8 aromatic carbocycles. The van der Waals surface area contributed by atoms with Crippen LogP contribution in [0.5, 0.6) is 0 Å².